The summed E-state index contributed by atoms with van der Waals surface area (Å²) in [6, 6.07) is 3.80. The van der Waals surface area contributed by atoms with Crippen molar-refractivity contribution in [3.8, 4) is 0 Å². The molecule has 2 N–H and O–H groups in total. The molecule has 0 aliphatic heterocycles. The Balaban J connectivity index is 2.16. The average molecular weight is 311 g/mol. The molecule has 118 valence electrons. The lowest BCUT2D eigenvalue weighted by molar-refractivity contribution is 0.180. The van der Waals surface area contributed by atoms with Crippen molar-refractivity contribution in [1.29, 1.82) is 0 Å². The summed E-state index contributed by atoms with van der Waals surface area (Å²) in [7, 11) is -3.47. The van der Waals surface area contributed by atoms with Gasteiger partial charge in [-0.25, -0.2) is 13.1 Å². The van der Waals surface area contributed by atoms with E-state index in [2.05, 4.69) is 4.72 Å². The first-order valence-electron chi connectivity index (χ1n) is 7.54. The van der Waals surface area contributed by atoms with Crippen LogP contribution in [0, 0.1) is 26.7 Å². The summed E-state index contributed by atoms with van der Waals surface area (Å²) >= 11 is 0. The van der Waals surface area contributed by atoms with Crippen LogP contribution < -0.4 is 4.72 Å². The van der Waals surface area contributed by atoms with Crippen molar-refractivity contribution >= 4 is 10.0 Å². The number of aryl methyl sites for hydroxylation is 3. The van der Waals surface area contributed by atoms with Crippen molar-refractivity contribution in [1.82, 2.24) is 4.72 Å². The van der Waals surface area contributed by atoms with Gasteiger partial charge in [0.2, 0.25) is 10.0 Å². The first-order valence-corrected chi connectivity index (χ1v) is 9.03. The molecule has 5 heteroatoms. The highest BCUT2D eigenvalue weighted by Crippen LogP contribution is 2.27. The molecular formula is C16H25NO3S. The third-order valence-electron chi connectivity index (χ3n) is 4.30. The molecule has 0 heterocycles. The fourth-order valence-corrected chi connectivity index (χ4v) is 5.09. The molecule has 0 aromatic heterocycles. The zero-order chi connectivity index (χ0) is 15.6. The van der Waals surface area contributed by atoms with E-state index in [9.17, 15) is 8.42 Å². The Morgan fingerprint density at radius 1 is 1.10 bits per heavy atom. The van der Waals surface area contributed by atoms with E-state index >= 15 is 0 Å². The molecule has 0 bridgehead atoms. The van der Waals surface area contributed by atoms with Crippen LogP contribution in [0.2, 0.25) is 0 Å². The quantitative estimate of drug-likeness (QED) is 0.897. The highest BCUT2D eigenvalue weighted by Gasteiger charge is 2.27. The second-order valence-electron chi connectivity index (χ2n) is 6.25. The lowest BCUT2D eigenvalue weighted by Gasteiger charge is -2.28. The molecule has 0 saturated heterocycles. The maximum Gasteiger partial charge on any atom is 0.241 e. The molecule has 1 aliphatic rings. The number of hydrogen-bond acceptors (Lipinski definition) is 3. The van der Waals surface area contributed by atoms with Crippen molar-refractivity contribution < 1.29 is 13.5 Å². The van der Waals surface area contributed by atoms with Crippen LogP contribution in [0.1, 0.15) is 42.4 Å². The van der Waals surface area contributed by atoms with Crippen molar-refractivity contribution in [2.45, 2.75) is 57.4 Å². The lowest BCUT2D eigenvalue weighted by atomic mass is 9.87. The number of hydrogen-bond donors (Lipinski definition) is 2. The van der Waals surface area contributed by atoms with Gasteiger partial charge in [-0.1, -0.05) is 17.7 Å². The SMILES string of the molecule is Cc1cc(C)c(S(=O)(=O)NC2CCC(CO)CC2)c(C)c1. The minimum Gasteiger partial charge on any atom is -0.396 e. The minimum absolute atomic E-state index is 0.0158. The van der Waals surface area contributed by atoms with Gasteiger partial charge in [0.15, 0.2) is 0 Å². The smallest absolute Gasteiger partial charge is 0.241 e. The minimum atomic E-state index is -3.47. The summed E-state index contributed by atoms with van der Waals surface area (Å²) in [6.45, 7) is 5.87. The Kier molecular flexibility index (Phi) is 5.07. The van der Waals surface area contributed by atoms with Crippen LogP contribution in [0.4, 0.5) is 0 Å². The Labute approximate surface area is 127 Å². The molecule has 1 aliphatic carbocycles. The fraction of sp³-hybridized carbons (Fsp3) is 0.625. The normalized spacial score (nSPS) is 23.2. The highest BCUT2D eigenvalue weighted by atomic mass is 32.2. The summed E-state index contributed by atoms with van der Waals surface area (Å²) in [5, 5.41) is 9.15. The fourth-order valence-electron chi connectivity index (χ4n) is 3.33. The maximum absolute atomic E-state index is 12.6. The molecule has 0 atom stereocenters. The van der Waals surface area contributed by atoms with Crippen LogP contribution in [-0.4, -0.2) is 26.2 Å². The van der Waals surface area contributed by atoms with E-state index in [1.807, 2.05) is 32.9 Å². The van der Waals surface area contributed by atoms with Gasteiger partial charge in [-0.2, -0.15) is 0 Å². The van der Waals surface area contributed by atoms with Gasteiger partial charge in [0.1, 0.15) is 0 Å². The molecule has 2 rings (SSSR count). The Bertz CT molecular complexity index is 579. The highest BCUT2D eigenvalue weighted by molar-refractivity contribution is 7.89. The van der Waals surface area contributed by atoms with E-state index in [0.29, 0.717) is 10.8 Å². The zero-order valence-electron chi connectivity index (χ0n) is 13.0. The molecule has 0 unspecified atom stereocenters. The zero-order valence-corrected chi connectivity index (χ0v) is 13.8. The summed E-state index contributed by atoms with van der Waals surface area (Å²) < 4.78 is 28.1. The average Bonchev–Trinajstić information content (AvgIpc) is 2.37. The topological polar surface area (TPSA) is 66.4 Å². The van der Waals surface area contributed by atoms with Gasteiger partial charge in [-0.15, -0.1) is 0 Å². The van der Waals surface area contributed by atoms with Gasteiger partial charge in [-0.3, -0.25) is 0 Å². The maximum atomic E-state index is 12.6. The molecule has 1 fully saturated rings. The molecule has 1 aromatic carbocycles. The Morgan fingerprint density at radius 2 is 1.62 bits per heavy atom. The van der Waals surface area contributed by atoms with E-state index in [1.54, 1.807) is 0 Å². The predicted molar refractivity (Wildman–Crippen MR) is 83.8 cm³/mol. The van der Waals surface area contributed by atoms with Crippen molar-refractivity contribution in [3.05, 3.63) is 28.8 Å². The van der Waals surface area contributed by atoms with Crippen LogP contribution in [0.3, 0.4) is 0 Å². The molecule has 1 saturated carbocycles. The molecule has 4 nitrogen and oxygen atoms in total. The first-order chi connectivity index (χ1) is 9.83. The van der Waals surface area contributed by atoms with Crippen LogP contribution in [0.25, 0.3) is 0 Å². The summed E-state index contributed by atoms with van der Waals surface area (Å²) in [5.74, 6) is 0.327. The first kappa shape index (κ1) is 16.5. The number of aliphatic hydroxyl groups is 1. The van der Waals surface area contributed by atoms with Crippen LogP contribution in [0.15, 0.2) is 17.0 Å². The van der Waals surface area contributed by atoms with Crippen LogP contribution >= 0.6 is 0 Å². The second-order valence-corrected chi connectivity index (χ2v) is 7.90. The standard InChI is InChI=1S/C16H25NO3S/c1-11-8-12(2)16(13(3)9-11)21(19,20)17-15-6-4-14(10-18)5-7-15/h8-9,14-15,17-18H,4-7,10H2,1-3H3. The van der Waals surface area contributed by atoms with Gasteiger partial charge in [0.05, 0.1) is 4.90 Å². The van der Waals surface area contributed by atoms with Gasteiger partial charge in [-0.05, 0) is 63.5 Å². The van der Waals surface area contributed by atoms with Gasteiger partial charge >= 0.3 is 0 Å². The predicted octanol–water partition coefficient (Wildman–Crippen LogP) is 2.44. The largest absolute Gasteiger partial charge is 0.396 e. The second kappa shape index (κ2) is 6.46. The van der Waals surface area contributed by atoms with Gasteiger partial charge in [0, 0.05) is 12.6 Å². The van der Waals surface area contributed by atoms with Gasteiger partial charge < -0.3 is 5.11 Å². The molecule has 21 heavy (non-hydrogen) atoms. The summed E-state index contributed by atoms with van der Waals surface area (Å²) in [5.41, 5.74) is 2.67. The number of aliphatic hydroxyl groups excluding tert-OH is 1. The summed E-state index contributed by atoms with van der Waals surface area (Å²) in [4.78, 5) is 0.414. The summed E-state index contributed by atoms with van der Waals surface area (Å²) in [6.07, 6.45) is 3.37. The number of rotatable bonds is 4. The van der Waals surface area contributed by atoms with Crippen molar-refractivity contribution in [2.75, 3.05) is 6.61 Å². The molecular weight excluding hydrogens is 286 g/mol. The number of nitrogens with one attached hydrogen (secondary N) is 1. The van der Waals surface area contributed by atoms with E-state index in [4.69, 9.17) is 5.11 Å². The third-order valence-corrected chi connectivity index (χ3v) is 6.13. The number of benzene rings is 1. The van der Waals surface area contributed by atoms with Gasteiger partial charge in [0.25, 0.3) is 0 Å². The van der Waals surface area contributed by atoms with Crippen LogP contribution in [-0.2, 0) is 10.0 Å². The Morgan fingerprint density at radius 3 is 2.10 bits per heavy atom. The molecule has 0 amide bonds. The molecule has 1 aromatic rings. The van der Waals surface area contributed by atoms with E-state index in [1.165, 1.54) is 0 Å². The Hall–Kier alpha value is -0.910. The van der Waals surface area contributed by atoms with E-state index < -0.39 is 10.0 Å². The van der Waals surface area contributed by atoms with Crippen LogP contribution in [0.5, 0.6) is 0 Å². The van der Waals surface area contributed by atoms with Crippen molar-refractivity contribution in [2.24, 2.45) is 5.92 Å². The number of sulfonamides is 1. The monoisotopic (exact) mass is 311 g/mol. The van der Waals surface area contributed by atoms with Crippen molar-refractivity contribution in [3.63, 3.8) is 0 Å². The van der Waals surface area contributed by atoms with E-state index in [-0.39, 0.29) is 12.6 Å². The molecule has 0 spiro atoms. The lowest BCUT2D eigenvalue weighted by Crippen LogP contribution is -2.38. The molecule has 0 radical (unpaired) electrons. The van der Waals surface area contributed by atoms with E-state index in [0.717, 1.165) is 42.4 Å². The third kappa shape index (κ3) is 3.84.